The van der Waals surface area contributed by atoms with Crippen LogP contribution in [0.3, 0.4) is 0 Å². The van der Waals surface area contributed by atoms with E-state index in [0.29, 0.717) is 4.77 Å². The van der Waals surface area contributed by atoms with Crippen molar-refractivity contribution < 1.29 is 9.53 Å². The van der Waals surface area contributed by atoms with E-state index in [1.165, 1.54) is 12.7 Å². The van der Waals surface area contributed by atoms with Crippen molar-refractivity contribution in [2.45, 2.75) is 46.2 Å². The number of unbranched alkanes of at least 4 members (excludes halogenated alkanes) is 1. The Morgan fingerprint density at radius 3 is 2.52 bits per heavy atom. The molecule has 1 aromatic heterocycles. The minimum absolute atomic E-state index is 0.288. The first-order chi connectivity index (χ1) is 11.0. The van der Waals surface area contributed by atoms with Crippen LogP contribution in [0.4, 0.5) is 0 Å². The Morgan fingerprint density at radius 1 is 1.30 bits per heavy atom. The number of esters is 1. The molecular formula is C18H24N2O2S. The highest BCUT2D eigenvalue weighted by Crippen LogP contribution is 2.25. The van der Waals surface area contributed by atoms with Gasteiger partial charge in [0.25, 0.3) is 0 Å². The van der Waals surface area contributed by atoms with Crippen molar-refractivity contribution in [2.24, 2.45) is 0 Å². The summed E-state index contributed by atoms with van der Waals surface area (Å²) in [6.07, 6.45) is 4.10. The Labute approximate surface area is 142 Å². The van der Waals surface area contributed by atoms with Gasteiger partial charge in [-0.1, -0.05) is 43.2 Å². The van der Waals surface area contributed by atoms with Crippen LogP contribution in [0.1, 0.15) is 38.3 Å². The highest BCUT2D eigenvalue weighted by atomic mass is 32.1. The van der Waals surface area contributed by atoms with E-state index in [1.54, 1.807) is 0 Å². The molecule has 0 amide bonds. The molecule has 0 N–H and O–H groups in total. The molecule has 4 nitrogen and oxygen atoms in total. The Hall–Kier alpha value is -1.88. The normalized spacial score (nSPS) is 12.2. The first-order valence-corrected chi connectivity index (χ1v) is 8.37. The molecule has 0 saturated carbocycles. The number of carbonyl (C=O) groups is 1. The lowest BCUT2D eigenvalue weighted by molar-refractivity contribution is -0.144. The predicted octanol–water partition coefficient (Wildman–Crippen LogP) is 4.53. The maximum absolute atomic E-state index is 11.9. The Morgan fingerprint density at radius 2 is 1.96 bits per heavy atom. The Bertz CT molecular complexity index is 728. The van der Waals surface area contributed by atoms with Gasteiger partial charge in [0.2, 0.25) is 0 Å². The number of benzene rings is 1. The summed E-state index contributed by atoms with van der Waals surface area (Å²) >= 11 is 5.61. The van der Waals surface area contributed by atoms with Gasteiger partial charge >= 0.3 is 5.97 Å². The topological polar surface area (TPSA) is 36.2 Å². The van der Waals surface area contributed by atoms with E-state index < -0.39 is 6.04 Å². The number of ether oxygens (including phenoxy) is 1. The van der Waals surface area contributed by atoms with E-state index in [1.807, 2.05) is 17.7 Å². The number of nitrogens with zero attached hydrogens (tertiary/aromatic N) is 2. The van der Waals surface area contributed by atoms with Gasteiger partial charge in [-0.25, -0.2) is 4.79 Å². The molecule has 0 unspecified atom stereocenters. The van der Waals surface area contributed by atoms with Crippen molar-refractivity contribution in [3.05, 3.63) is 40.8 Å². The molecule has 1 aromatic carbocycles. The molecule has 0 aliphatic heterocycles. The van der Waals surface area contributed by atoms with Crippen molar-refractivity contribution in [3.63, 3.8) is 0 Å². The maximum Gasteiger partial charge on any atom is 0.328 e. The molecule has 1 atom stereocenters. The molecule has 0 fully saturated rings. The van der Waals surface area contributed by atoms with E-state index >= 15 is 0 Å². The molecule has 0 aliphatic rings. The first-order valence-electron chi connectivity index (χ1n) is 7.96. The van der Waals surface area contributed by atoms with Gasteiger partial charge < -0.3 is 13.9 Å². The third-order valence-corrected chi connectivity index (χ3v) is 4.48. The largest absolute Gasteiger partial charge is 0.467 e. The quantitative estimate of drug-likeness (QED) is 0.576. The number of carbonyl (C=O) groups excluding carboxylic acids is 1. The second kappa shape index (κ2) is 7.59. The highest BCUT2D eigenvalue weighted by molar-refractivity contribution is 7.71. The molecule has 0 spiro atoms. The lowest BCUT2D eigenvalue weighted by atomic mass is 10.1. The van der Waals surface area contributed by atoms with E-state index in [9.17, 15) is 4.79 Å². The Kier molecular flexibility index (Phi) is 5.77. The van der Waals surface area contributed by atoms with Crippen molar-refractivity contribution in [1.82, 2.24) is 9.13 Å². The summed E-state index contributed by atoms with van der Waals surface area (Å²) < 4.78 is 9.46. The average Bonchev–Trinajstić information content (AvgIpc) is 2.88. The van der Waals surface area contributed by atoms with Crippen LogP contribution < -0.4 is 0 Å². The van der Waals surface area contributed by atoms with Gasteiger partial charge in [0, 0.05) is 12.7 Å². The maximum atomic E-state index is 11.9. The molecule has 2 rings (SSSR count). The zero-order chi connectivity index (χ0) is 17.0. The second-order valence-electron chi connectivity index (χ2n) is 5.77. The number of hydrogen-bond acceptors (Lipinski definition) is 3. The van der Waals surface area contributed by atoms with Crippen LogP contribution in [0.15, 0.2) is 30.5 Å². The van der Waals surface area contributed by atoms with Gasteiger partial charge in [-0.15, -0.1) is 0 Å². The summed E-state index contributed by atoms with van der Waals surface area (Å²) in [6, 6.07) is 7.93. The fraction of sp³-hybridized carbons (Fsp3) is 0.444. The van der Waals surface area contributed by atoms with Crippen LogP contribution in [-0.2, 0) is 16.1 Å². The molecule has 0 bridgehead atoms. The number of methoxy groups -OCH3 is 1. The second-order valence-corrected chi connectivity index (χ2v) is 6.14. The molecule has 2 aromatic rings. The molecule has 5 heteroatoms. The van der Waals surface area contributed by atoms with Crippen LogP contribution in [0.2, 0.25) is 0 Å². The van der Waals surface area contributed by atoms with Gasteiger partial charge in [0.1, 0.15) is 6.04 Å². The summed E-state index contributed by atoms with van der Waals surface area (Å²) in [5, 5.41) is 0. The van der Waals surface area contributed by atoms with E-state index in [0.717, 1.165) is 30.6 Å². The summed E-state index contributed by atoms with van der Waals surface area (Å²) in [5.74, 6) is -0.288. The number of aryl methyl sites for hydroxylation is 1. The number of rotatable bonds is 6. The number of aromatic nitrogens is 2. The van der Waals surface area contributed by atoms with Crippen LogP contribution in [0, 0.1) is 11.7 Å². The predicted molar refractivity (Wildman–Crippen MR) is 95.1 cm³/mol. The molecule has 124 valence electrons. The van der Waals surface area contributed by atoms with Gasteiger partial charge in [-0.2, -0.15) is 0 Å². The molecule has 0 aliphatic carbocycles. The van der Waals surface area contributed by atoms with Gasteiger partial charge in [0.15, 0.2) is 4.77 Å². The lowest BCUT2D eigenvalue weighted by Gasteiger charge is -2.10. The SMILES string of the molecule is CCCCn1c(-c2ccc(C)cc2)cn([C@@H](C)C(=O)OC)c1=S. The van der Waals surface area contributed by atoms with Crippen LogP contribution in [-0.4, -0.2) is 22.2 Å². The molecule has 0 radical (unpaired) electrons. The van der Waals surface area contributed by atoms with Crippen LogP contribution in [0.25, 0.3) is 11.3 Å². The molecular weight excluding hydrogens is 308 g/mol. The van der Waals surface area contributed by atoms with Crippen LogP contribution in [0.5, 0.6) is 0 Å². The van der Waals surface area contributed by atoms with Crippen molar-refractivity contribution in [3.8, 4) is 11.3 Å². The number of hydrogen-bond donors (Lipinski definition) is 0. The van der Waals surface area contributed by atoms with Crippen molar-refractivity contribution in [1.29, 1.82) is 0 Å². The standard InChI is InChI=1S/C18H24N2O2S/c1-5-6-11-19-16(15-9-7-13(2)8-10-15)12-20(18(19)23)14(3)17(21)22-4/h7-10,12,14H,5-6,11H2,1-4H3/t14-/m0/s1. The summed E-state index contributed by atoms with van der Waals surface area (Å²) in [7, 11) is 1.40. The summed E-state index contributed by atoms with van der Waals surface area (Å²) in [5.41, 5.74) is 3.36. The van der Waals surface area contributed by atoms with Crippen LogP contribution >= 0.6 is 12.2 Å². The van der Waals surface area contributed by atoms with E-state index in [-0.39, 0.29) is 5.97 Å². The van der Waals surface area contributed by atoms with Crippen molar-refractivity contribution >= 4 is 18.2 Å². The minimum atomic E-state index is -0.431. The average molecular weight is 332 g/mol. The number of imidazole rings is 1. The molecule has 0 saturated heterocycles. The van der Waals surface area contributed by atoms with Gasteiger partial charge in [-0.05, 0) is 38.0 Å². The summed E-state index contributed by atoms with van der Waals surface area (Å²) in [6.45, 7) is 6.88. The zero-order valence-electron chi connectivity index (χ0n) is 14.2. The fourth-order valence-electron chi connectivity index (χ4n) is 2.55. The molecule has 1 heterocycles. The smallest absolute Gasteiger partial charge is 0.328 e. The zero-order valence-corrected chi connectivity index (χ0v) is 15.0. The van der Waals surface area contributed by atoms with E-state index in [2.05, 4.69) is 42.7 Å². The Balaban J connectivity index is 2.53. The first kappa shape index (κ1) is 17.5. The summed E-state index contributed by atoms with van der Waals surface area (Å²) in [4.78, 5) is 11.9. The van der Waals surface area contributed by atoms with Crippen molar-refractivity contribution in [2.75, 3.05) is 7.11 Å². The highest BCUT2D eigenvalue weighted by Gasteiger charge is 2.20. The fourth-order valence-corrected chi connectivity index (χ4v) is 2.95. The monoisotopic (exact) mass is 332 g/mol. The lowest BCUT2D eigenvalue weighted by Crippen LogP contribution is -2.17. The third kappa shape index (κ3) is 3.72. The van der Waals surface area contributed by atoms with Gasteiger partial charge in [0.05, 0.1) is 12.8 Å². The minimum Gasteiger partial charge on any atom is -0.467 e. The third-order valence-electron chi connectivity index (χ3n) is 4.05. The van der Waals surface area contributed by atoms with Gasteiger partial charge in [-0.3, -0.25) is 0 Å². The molecule has 23 heavy (non-hydrogen) atoms. The van der Waals surface area contributed by atoms with E-state index in [4.69, 9.17) is 17.0 Å².